The highest BCUT2D eigenvalue weighted by Gasteiger charge is 2.32. The number of thioether (sulfide) groups is 1. The molecule has 0 heterocycles. The molecule has 0 aliphatic carbocycles. The molecule has 148 valence electrons. The molecule has 5 nitrogen and oxygen atoms in total. The smallest absolute Gasteiger partial charge is 0.243 e. The molecule has 26 heavy (non-hydrogen) atoms. The number of anilines is 1. The third kappa shape index (κ3) is 7.18. The second-order valence-corrected chi connectivity index (χ2v) is 11.5. The summed E-state index contributed by atoms with van der Waals surface area (Å²) in [5, 5.41) is 3.38. The first-order chi connectivity index (χ1) is 11.9. The Kier molecular flexibility index (Phi) is 8.58. The van der Waals surface area contributed by atoms with Crippen LogP contribution in [0.3, 0.4) is 0 Å². The zero-order chi connectivity index (χ0) is 20.1. The van der Waals surface area contributed by atoms with Crippen molar-refractivity contribution in [3.8, 4) is 0 Å². The highest BCUT2D eigenvalue weighted by Crippen LogP contribution is 2.33. The summed E-state index contributed by atoms with van der Waals surface area (Å²) >= 11 is 13.9. The quantitative estimate of drug-likeness (QED) is 0.615. The molecule has 0 aliphatic heterocycles. The van der Waals surface area contributed by atoms with E-state index in [0.717, 1.165) is 16.3 Å². The van der Waals surface area contributed by atoms with Crippen molar-refractivity contribution >= 4 is 56.6 Å². The van der Waals surface area contributed by atoms with Crippen molar-refractivity contribution in [1.82, 2.24) is 5.32 Å². The molecule has 0 bridgehead atoms. The van der Waals surface area contributed by atoms with Crippen LogP contribution >= 0.6 is 35.0 Å². The van der Waals surface area contributed by atoms with Crippen LogP contribution in [0.2, 0.25) is 10.0 Å². The SMILES string of the molecule is CC[C@H](C(=O)NCCSC(C)(C)C)N(c1cc(Cl)ccc1Cl)S(C)(=O)=O. The number of amides is 1. The summed E-state index contributed by atoms with van der Waals surface area (Å²) in [5.74, 6) is 0.381. The molecule has 1 amide bonds. The number of nitrogens with zero attached hydrogens (tertiary/aromatic N) is 1. The van der Waals surface area contributed by atoms with E-state index in [2.05, 4.69) is 26.1 Å². The van der Waals surface area contributed by atoms with Crippen LogP contribution in [0, 0.1) is 0 Å². The average molecular weight is 441 g/mol. The first kappa shape index (κ1) is 23.4. The molecule has 0 saturated carbocycles. The van der Waals surface area contributed by atoms with Crippen LogP contribution in [-0.2, 0) is 14.8 Å². The summed E-state index contributed by atoms with van der Waals surface area (Å²) in [6.07, 6.45) is 1.35. The molecule has 0 spiro atoms. The first-order valence-corrected chi connectivity index (χ1v) is 11.8. The third-order valence-electron chi connectivity index (χ3n) is 3.41. The first-order valence-electron chi connectivity index (χ1n) is 8.23. The van der Waals surface area contributed by atoms with Gasteiger partial charge >= 0.3 is 0 Å². The summed E-state index contributed by atoms with van der Waals surface area (Å²) in [7, 11) is -3.74. The van der Waals surface area contributed by atoms with Crippen LogP contribution in [0.5, 0.6) is 0 Å². The number of sulfonamides is 1. The van der Waals surface area contributed by atoms with Crippen molar-refractivity contribution in [2.75, 3.05) is 22.9 Å². The molecule has 0 aliphatic rings. The van der Waals surface area contributed by atoms with Crippen molar-refractivity contribution < 1.29 is 13.2 Å². The van der Waals surface area contributed by atoms with Crippen molar-refractivity contribution in [2.24, 2.45) is 0 Å². The van der Waals surface area contributed by atoms with Gasteiger partial charge in [0.25, 0.3) is 0 Å². The van der Waals surface area contributed by atoms with Gasteiger partial charge in [-0.15, -0.1) is 0 Å². The van der Waals surface area contributed by atoms with Crippen molar-refractivity contribution in [1.29, 1.82) is 0 Å². The van der Waals surface area contributed by atoms with E-state index in [9.17, 15) is 13.2 Å². The molecule has 0 radical (unpaired) electrons. The zero-order valence-corrected chi connectivity index (χ0v) is 18.8. The number of benzene rings is 1. The molecule has 0 aromatic heterocycles. The fourth-order valence-corrected chi connectivity index (χ4v) is 4.80. The molecular weight excluding hydrogens is 415 g/mol. The molecule has 0 fully saturated rings. The Balaban J connectivity index is 3.04. The van der Waals surface area contributed by atoms with Crippen LogP contribution in [0.1, 0.15) is 34.1 Å². The lowest BCUT2D eigenvalue weighted by atomic mass is 10.2. The molecule has 0 saturated heterocycles. The van der Waals surface area contributed by atoms with Crippen LogP contribution in [-0.4, -0.2) is 43.7 Å². The van der Waals surface area contributed by atoms with E-state index >= 15 is 0 Å². The Morgan fingerprint density at radius 1 is 1.31 bits per heavy atom. The van der Waals surface area contributed by atoms with E-state index in [1.807, 2.05) is 0 Å². The number of hydrogen-bond acceptors (Lipinski definition) is 4. The molecule has 1 aromatic carbocycles. The Morgan fingerprint density at radius 2 is 1.92 bits per heavy atom. The lowest BCUT2D eigenvalue weighted by Gasteiger charge is -2.31. The second-order valence-electron chi connectivity index (χ2n) is 6.83. The molecule has 1 atom stereocenters. The molecule has 1 rings (SSSR count). The van der Waals surface area contributed by atoms with Crippen LogP contribution in [0.25, 0.3) is 0 Å². The number of halogens is 2. The summed E-state index contributed by atoms with van der Waals surface area (Å²) in [4.78, 5) is 12.7. The van der Waals surface area contributed by atoms with Crippen molar-refractivity contribution in [3.63, 3.8) is 0 Å². The number of nitrogens with one attached hydrogen (secondary N) is 1. The van der Waals surface area contributed by atoms with Gasteiger partial charge in [-0.2, -0.15) is 11.8 Å². The maximum atomic E-state index is 12.7. The summed E-state index contributed by atoms with van der Waals surface area (Å²) in [6, 6.07) is 3.64. The number of hydrogen-bond donors (Lipinski definition) is 1. The predicted molar refractivity (Wildman–Crippen MR) is 113 cm³/mol. The van der Waals surface area contributed by atoms with Gasteiger partial charge in [0.05, 0.1) is 17.0 Å². The largest absolute Gasteiger partial charge is 0.353 e. The van der Waals surface area contributed by atoms with Gasteiger partial charge in [-0.05, 0) is 24.6 Å². The van der Waals surface area contributed by atoms with E-state index in [0.29, 0.717) is 18.0 Å². The number of carbonyl (C=O) groups excluding carboxylic acids is 1. The van der Waals surface area contributed by atoms with E-state index in [1.165, 1.54) is 12.1 Å². The molecule has 9 heteroatoms. The average Bonchev–Trinajstić information content (AvgIpc) is 2.49. The van der Waals surface area contributed by atoms with Gasteiger partial charge < -0.3 is 5.32 Å². The lowest BCUT2D eigenvalue weighted by molar-refractivity contribution is -0.122. The number of rotatable bonds is 8. The van der Waals surface area contributed by atoms with Gasteiger partial charge in [-0.25, -0.2) is 8.42 Å². The van der Waals surface area contributed by atoms with Gasteiger partial charge in [0.2, 0.25) is 15.9 Å². The highest BCUT2D eigenvalue weighted by molar-refractivity contribution is 8.00. The van der Waals surface area contributed by atoms with Gasteiger partial charge in [-0.1, -0.05) is 50.9 Å². The number of carbonyl (C=O) groups is 1. The van der Waals surface area contributed by atoms with Crippen LogP contribution < -0.4 is 9.62 Å². The molecule has 1 N–H and O–H groups in total. The minimum absolute atomic E-state index is 0.0992. The Morgan fingerprint density at radius 3 is 2.42 bits per heavy atom. The monoisotopic (exact) mass is 440 g/mol. The van der Waals surface area contributed by atoms with Crippen molar-refractivity contribution in [2.45, 2.75) is 44.9 Å². The van der Waals surface area contributed by atoms with E-state index in [1.54, 1.807) is 24.8 Å². The Bertz CT molecular complexity index is 734. The maximum absolute atomic E-state index is 12.7. The van der Waals surface area contributed by atoms with E-state index in [4.69, 9.17) is 23.2 Å². The molecule has 1 aromatic rings. The fourth-order valence-electron chi connectivity index (χ4n) is 2.34. The van der Waals surface area contributed by atoms with Gasteiger partial charge in [0.15, 0.2) is 0 Å². The van der Waals surface area contributed by atoms with Gasteiger partial charge in [0.1, 0.15) is 6.04 Å². The Labute approximate surface area is 170 Å². The summed E-state index contributed by atoms with van der Waals surface area (Å²) < 4.78 is 26.0. The third-order valence-corrected chi connectivity index (χ3v) is 6.41. The van der Waals surface area contributed by atoms with E-state index < -0.39 is 16.1 Å². The van der Waals surface area contributed by atoms with Crippen LogP contribution in [0.4, 0.5) is 5.69 Å². The maximum Gasteiger partial charge on any atom is 0.243 e. The predicted octanol–water partition coefficient (Wildman–Crippen LogP) is 4.19. The summed E-state index contributed by atoms with van der Waals surface area (Å²) in [5.41, 5.74) is 0.202. The summed E-state index contributed by atoms with van der Waals surface area (Å²) in [6.45, 7) is 8.51. The highest BCUT2D eigenvalue weighted by atomic mass is 35.5. The fraction of sp³-hybridized carbons (Fsp3) is 0.588. The van der Waals surface area contributed by atoms with Crippen LogP contribution in [0.15, 0.2) is 18.2 Å². The standard InChI is InChI=1S/C17H26Cl2N2O3S2/c1-6-14(16(22)20-9-10-25-17(2,3)4)21(26(5,23)24)15-11-12(18)7-8-13(15)19/h7-8,11,14H,6,9-10H2,1-5H3,(H,20,22)/t14-/m1/s1. The van der Waals surface area contributed by atoms with E-state index in [-0.39, 0.29) is 21.4 Å². The topological polar surface area (TPSA) is 66.5 Å². The normalized spacial score (nSPS) is 13.3. The van der Waals surface area contributed by atoms with Gasteiger partial charge in [0, 0.05) is 22.1 Å². The minimum Gasteiger partial charge on any atom is -0.353 e. The molecule has 0 unspecified atom stereocenters. The lowest BCUT2D eigenvalue weighted by Crippen LogP contribution is -2.49. The zero-order valence-electron chi connectivity index (χ0n) is 15.7. The second kappa shape index (κ2) is 9.53. The Hall–Kier alpha value is -0.630. The van der Waals surface area contributed by atoms with Crippen molar-refractivity contribution in [3.05, 3.63) is 28.2 Å². The van der Waals surface area contributed by atoms with Gasteiger partial charge in [-0.3, -0.25) is 9.10 Å². The minimum atomic E-state index is -3.74. The molecular formula is C17H26Cl2N2O3S2.